The highest BCUT2D eigenvalue weighted by Crippen LogP contribution is 2.41. The summed E-state index contributed by atoms with van der Waals surface area (Å²) in [5, 5.41) is 0.598. The predicted molar refractivity (Wildman–Crippen MR) is 74.6 cm³/mol. The highest BCUT2D eigenvalue weighted by Gasteiger charge is 2.41. The molecule has 7 heteroatoms. The Morgan fingerprint density at radius 3 is 3.05 bits per heavy atom. The molecule has 2 aliphatic heterocycles. The third kappa shape index (κ3) is 2.15. The minimum Gasteiger partial charge on any atom is -0.368 e. The molecule has 0 aromatic heterocycles. The summed E-state index contributed by atoms with van der Waals surface area (Å²) in [7, 11) is 0. The summed E-state index contributed by atoms with van der Waals surface area (Å²) in [5.41, 5.74) is 5.99. The van der Waals surface area contributed by atoms with Crippen LogP contribution in [0.1, 0.15) is 0 Å². The third-order valence-corrected chi connectivity index (χ3v) is 4.67. The highest BCUT2D eigenvalue weighted by atomic mass is 35.5. The summed E-state index contributed by atoms with van der Waals surface area (Å²) >= 11 is 7.70. The molecule has 100 valence electrons. The number of hydrogen-bond donors (Lipinski definition) is 1. The van der Waals surface area contributed by atoms with Crippen LogP contribution in [-0.4, -0.2) is 41.7 Å². The van der Waals surface area contributed by atoms with Gasteiger partial charge in [0.15, 0.2) is 0 Å². The summed E-state index contributed by atoms with van der Waals surface area (Å²) in [6.07, 6.45) is 0. The van der Waals surface area contributed by atoms with Crippen LogP contribution in [0.4, 0.5) is 10.5 Å². The number of amides is 3. The minimum absolute atomic E-state index is 0.0353. The first-order valence-electron chi connectivity index (χ1n) is 5.85. The Kier molecular flexibility index (Phi) is 3.06. The lowest BCUT2D eigenvalue weighted by atomic mass is 10.2. The molecule has 3 rings (SSSR count). The molecule has 0 saturated carbocycles. The Hall–Kier alpha value is -1.40. The second kappa shape index (κ2) is 4.61. The van der Waals surface area contributed by atoms with Crippen LogP contribution in [0.2, 0.25) is 5.02 Å². The molecule has 1 fully saturated rings. The molecular formula is C12H12ClN3O2S. The summed E-state index contributed by atoms with van der Waals surface area (Å²) in [6, 6.07) is 5.43. The molecule has 0 radical (unpaired) electrons. The van der Waals surface area contributed by atoms with E-state index in [1.807, 2.05) is 12.1 Å². The van der Waals surface area contributed by atoms with Crippen LogP contribution in [0, 0.1) is 0 Å². The van der Waals surface area contributed by atoms with Crippen molar-refractivity contribution in [2.45, 2.75) is 10.9 Å². The standard InChI is InChI=1S/C12H12ClN3O2S/c13-7-1-2-10-9(3-7)16-8(6-19-10)4-15(12(16)18)5-11(14)17/h1-3,8H,4-6H2,(H2,14,17). The fourth-order valence-electron chi connectivity index (χ4n) is 2.46. The Balaban J connectivity index is 1.95. The molecule has 1 aromatic rings. The molecule has 0 aliphatic carbocycles. The largest absolute Gasteiger partial charge is 0.368 e. The van der Waals surface area contributed by atoms with Crippen molar-refractivity contribution in [3.8, 4) is 0 Å². The molecule has 0 bridgehead atoms. The van der Waals surface area contributed by atoms with Gasteiger partial charge in [-0.15, -0.1) is 11.8 Å². The van der Waals surface area contributed by atoms with Crippen LogP contribution in [0.15, 0.2) is 23.1 Å². The minimum atomic E-state index is -0.493. The molecule has 19 heavy (non-hydrogen) atoms. The maximum atomic E-state index is 12.3. The van der Waals surface area contributed by atoms with Gasteiger partial charge in [-0.25, -0.2) is 4.79 Å². The number of nitrogens with zero attached hydrogens (tertiary/aromatic N) is 2. The molecule has 1 atom stereocenters. The van der Waals surface area contributed by atoms with E-state index in [9.17, 15) is 9.59 Å². The van der Waals surface area contributed by atoms with Gasteiger partial charge in [-0.05, 0) is 18.2 Å². The number of benzene rings is 1. The Labute approximate surface area is 119 Å². The number of carbonyl (C=O) groups is 2. The number of hydrogen-bond acceptors (Lipinski definition) is 3. The Morgan fingerprint density at radius 1 is 1.53 bits per heavy atom. The summed E-state index contributed by atoms with van der Waals surface area (Å²) in [6.45, 7) is 0.493. The van der Waals surface area contributed by atoms with Crippen molar-refractivity contribution < 1.29 is 9.59 Å². The lowest BCUT2D eigenvalue weighted by Gasteiger charge is -2.30. The number of fused-ring (bicyclic) bond motifs is 3. The van der Waals surface area contributed by atoms with Crippen molar-refractivity contribution in [2.24, 2.45) is 5.73 Å². The van der Waals surface area contributed by atoms with Crippen molar-refractivity contribution in [1.29, 1.82) is 0 Å². The average Bonchev–Trinajstić information content (AvgIpc) is 2.66. The zero-order chi connectivity index (χ0) is 13.6. The van der Waals surface area contributed by atoms with Crippen molar-refractivity contribution >= 4 is 41.0 Å². The topological polar surface area (TPSA) is 66.6 Å². The van der Waals surface area contributed by atoms with Crippen LogP contribution < -0.4 is 10.6 Å². The van der Waals surface area contributed by atoms with Gasteiger partial charge >= 0.3 is 6.03 Å². The van der Waals surface area contributed by atoms with E-state index in [0.29, 0.717) is 11.6 Å². The normalized spacial score (nSPS) is 21.3. The van der Waals surface area contributed by atoms with Crippen LogP contribution in [0.3, 0.4) is 0 Å². The second-order valence-electron chi connectivity index (χ2n) is 4.58. The number of thioether (sulfide) groups is 1. The van der Waals surface area contributed by atoms with E-state index < -0.39 is 5.91 Å². The number of nitrogens with two attached hydrogens (primary N) is 1. The van der Waals surface area contributed by atoms with Gasteiger partial charge in [-0.2, -0.15) is 0 Å². The molecule has 3 amide bonds. The first-order chi connectivity index (χ1) is 9.06. The van der Waals surface area contributed by atoms with Crippen molar-refractivity contribution in [1.82, 2.24) is 4.90 Å². The van der Waals surface area contributed by atoms with Gasteiger partial charge in [0.2, 0.25) is 5.91 Å². The molecule has 0 spiro atoms. The maximum absolute atomic E-state index is 12.3. The number of halogens is 1. The van der Waals surface area contributed by atoms with E-state index in [2.05, 4.69) is 0 Å². The van der Waals surface area contributed by atoms with Crippen LogP contribution >= 0.6 is 23.4 Å². The van der Waals surface area contributed by atoms with Crippen LogP contribution in [0.25, 0.3) is 0 Å². The second-order valence-corrected chi connectivity index (χ2v) is 6.07. The van der Waals surface area contributed by atoms with Gasteiger partial charge in [0.25, 0.3) is 0 Å². The molecule has 1 aromatic carbocycles. The quantitative estimate of drug-likeness (QED) is 0.900. The SMILES string of the molecule is NC(=O)CN1CC2CSc3ccc(Cl)cc3N2C1=O. The first-order valence-corrected chi connectivity index (χ1v) is 7.21. The van der Waals surface area contributed by atoms with E-state index in [4.69, 9.17) is 17.3 Å². The van der Waals surface area contributed by atoms with E-state index >= 15 is 0 Å². The average molecular weight is 298 g/mol. The van der Waals surface area contributed by atoms with Gasteiger partial charge in [0.05, 0.1) is 11.7 Å². The molecule has 1 saturated heterocycles. The van der Waals surface area contributed by atoms with Gasteiger partial charge in [0.1, 0.15) is 6.54 Å². The van der Waals surface area contributed by atoms with Crippen molar-refractivity contribution in [2.75, 3.05) is 23.7 Å². The number of urea groups is 1. The molecule has 2 heterocycles. The summed E-state index contributed by atoms with van der Waals surface area (Å²) < 4.78 is 0. The van der Waals surface area contributed by atoms with Gasteiger partial charge in [-0.3, -0.25) is 9.69 Å². The first kappa shape index (κ1) is 12.6. The fraction of sp³-hybridized carbons (Fsp3) is 0.333. The number of primary amides is 1. The molecule has 5 nitrogen and oxygen atoms in total. The van der Waals surface area contributed by atoms with Crippen LogP contribution in [0.5, 0.6) is 0 Å². The monoisotopic (exact) mass is 297 g/mol. The fourth-order valence-corrected chi connectivity index (χ4v) is 3.72. The Bertz CT molecular complexity index is 566. The van der Waals surface area contributed by atoms with E-state index in [1.165, 1.54) is 4.90 Å². The Morgan fingerprint density at radius 2 is 2.32 bits per heavy atom. The third-order valence-electron chi connectivity index (χ3n) is 3.23. The van der Waals surface area contributed by atoms with Crippen molar-refractivity contribution in [3.63, 3.8) is 0 Å². The lowest BCUT2D eigenvalue weighted by molar-refractivity contribution is -0.118. The highest BCUT2D eigenvalue weighted by molar-refractivity contribution is 7.99. The number of rotatable bonds is 2. The molecule has 2 N–H and O–H groups in total. The van der Waals surface area contributed by atoms with Crippen molar-refractivity contribution in [3.05, 3.63) is 23.2 Å². The van der Waals surface area contributed by atoms with E-state index in [-0.39, 0.29) is 18.6 Å². The number of carbonyl (C=O) groups excluding carboxylic acids is 2. The zero-order valence-corrected chi connectivity index (χ0v) is 11.6. The van der Waals surface area contributed by atoms with E-state index in [1.54, 1.807) is 22.7 Å². The van der Waals surface area contributed by atoms with Gasteiger partial charge in [-0.1, -0.05) is 11.6 Å². The van der Waals surface area contributed by atoms with E-state index in [0.717, 1.165) is 16.3 Å². The molecule has 2 aliphatic rings. The summed E-state index contributed by atoms with van der Waals surface area (Å²) in [5.74, 6) is 0.322. The predicted octanol–water partition coefficient (Wildman–Crippen LogP) is 1.54. The molecule has 1 unspecified atom stereocenters. The number of anilines is 1. The van der Waals surface area contributed by atoms with Gasteiger partial charge < -0.3 is 10.6 Å². The zero-order valence-electron chi connectivity index (χ0n) is 10.0. The molecular weight excluding hydrogens is 286 g/mol. The smallest absolute Gasteiger partial charge is 0.325 e. The van der Waals surface area contributed by atoms with Crippen LogP contribution in [-0.2, 0) is 4.79 Å². The van der Waals surface area contributed by atoms with Gasteiger partial charge in [0, 0.05) is 22.2 Å². The lowest BCUT2D eigenvalue weighted by Crippen LogP contribution is -2.39. The summed E-state index contributed by atoms with van der Waals surface area (Å²) in [4.78, 5) is 27.6. The maximum Gasteiger partial charge on any atom is 0.325 e.